The lowest BCUT2D eigenvalue weighted by molar-refractivity contribution is 0.102. The van der Waals surface area contributed by atoms with Gasteiger partial charge in [-0.2, -0.15) is 0 Å². The molecule has 1 aromatic heterocycles. The maximum absolute atomic E-state index is 13.8. The number of nitrogens with zero attached hydrogens (tertiary/aromatic N) is 2. The van der Waals surface area contributed by atoms with Crippen molar-refractivity contribution in [3.8, 4) is 5.75 Å². The molecule has 0 saturated carbocycles. The van der Waals surface area contributed by atoms with Crippen molar-refractivity contribution < 1.29 is 22.7 Å². The lowest BCUT2D eigenvalue weighted by atomic mass is 10.2. The summed E-state index contributed by atoms with van der Waals surface area (Å²) in [7, 11) is 1.55. The van der Waals surface area contributed by atoms with Crippen molar-refractivity contribution in [2.45, 2.75) is 6.92 Å². The third-order valence-corrected chi connectivity index (χ3v) is 3.72. The van der Waals surface area contributed by atoms with Crippen molar-refractivity contribution in [1.29, 1.82) is 0 Å². The van der Waals surface area contributed by atoms with Gasteiger partial charge in [-0.3, -0.25) is 4.79 Å². The molecule has 0 aliphatic carbocycles. The lowest BCUT2D eigenvalue weighted by Crippen LogP contribution is -2.16. The zero-order valence-electron chi connectivity index (χ0n) is 14.9. The standard InChI is InChI=1S/C19H15F3N4O2/c1-10-23-15(19(27)26-14-8-7-13(20)17(21)18(14)22)9-16(24-10)25-11-3-5-12(28-2)6-4-11/h3-9H,1-2H3,(H,26,27)(H,23,24,25). The van der Waals surface area contributed by atoms with Crippen molar-refractivity contribution in [2.24, 2.45) is 0 Å². The Bertz CT molecular complexity index is 1030. The number of ether oxygens (including phenoxy) is 1. The van der Waals surface area contributed by atoms with E-state index in [4.69, 9.17) is 4.74 Å². The van der Waals surface area contributed by atoms with Gasteiger partial charge >= 0.3 is 0 Å². The zero-order chi connectivity index (χ0) is 20.3. The van der Waals surface area contributed by atoms with Gasteiger partial charge in [0.15, 0.2) is 17.5 Å². The highest BCUT2D eigenvalue weighted by Gasteiger charge is 2.17. The van der Waals surface area contributed by atoms with E-state index in [0.717, 1.165) is 12.1 Å². The second-order valence-corrected chi connectivity index (χ2v) is 5.72. The number of rotatable bonds is 5. The van der Waals surface area contributed by atoms with Crippen LogP contribution in [-0.2, 0) is 0 Å². The van der Waals surface area contributed by atoms with Gasteiger partial charge in [0.05, 0.1) is 12.8 Å². The van der Waals surface area contributed by atoms with Crippen LogP contribution in [0.25, 0.3) is 0 Å². The SMILES string of the molecule is COc1ccc(Nc2cc(C(=O)Nc3ccc(F)c(F)c3F)nc(C)n2)cc1. The summed E-state index contributed by atoms with van der Waals surface area (Å²) >= 11 is 0. The summed E-state index contributed by atoms with van der Waals surface area (Å²) in [6.07, 6.45) is 0. The van der Waals surface area contributed by atoms with E-state index in [1.54, 1.807) is 38.3 Å². The molecule has 0 saturated heterocycles. The highest BCUT2D eigenvalue weighted by atomic mass is 19.2. The summed E-state index contributed by atoms with van der Waals surface area (Å²) in [6, 6.07) is 10.0. The summed E-state index contributed by atoms with van der Waals surface area (Å²) < 4.78 is 45.2. The first-order chi connectivity index (χ1) is 13.4. The van der Waals surface area contributed by atoms with Gasteiger partial charge in [-0.05, 0) is 43.3 Å². The Balaban J connectivity index is 1.82. The van der Waals surface area contributed by atoms with E-state index in [2.05, 4.69) is 20.6 Å². The minimum Gasteiger partial charge on any atom is -0.497 e. The summed E-state index contributed by atoms with van der Waals surface area (Å²) in [5.74, 6) is -4.01. The summed E-state index contributed by atoms with van der Waals surface area (Å²) in [5.41, 5.74) is 0.120. The predicted molar refractivity (Wildman–Crippen MR) is 97.3 cm³/mol. The quantitative estimate of drug-likeness (QED) is 0.641. The molecule has 0 aliphatic heterocycles. The van der Waals surface area contributed by atoms with Crippen LogP contribution in [0.15, 0.2) is 42.5 Å². The van der Waals surface area contributed by atoms with Gasteiger partial charge in [0.2, 0.25) is 0 Å². The van der Waals surface area contributed by atoms with E-state index in [-0.39, 0.29) is 11.5 Å². The molecule has 0 bridgehead atoms. The first-order valence-corrected chi connectivity index (χ1v) is 8.09. The average molecular weight is 388 g/mol. The van der Waals surface area contributed by atoms with E-state index in [0.29, 0.717) is 17.3 Å². The minimum absolute atomic E-state index is 0.0763. The van der Waals surface area contributed by atoms with Crippen molar-refractivity contribution in [3.05, 3.63) is 71.4 Å². The number of aromatic nitrogens is 2. The molecule has 3 rings (SSSR count). The normalized spacial score (nSPS) is 10.5. The number of nitrogens with one attached hydrogen (secondary N) is 2. The Kier molecular flexibility index (Phi) is 5.44. The molecule has 0 atom stereocenters. The smallest absolute Gasteiger partial charge is 0.274 e. The topological polar surface area (TPSA) is 76.1 Å². The Morgan fingerprint density at radius 3 is 2.39 bits per heavy atom. The molecule has 6 nitrogen and oxygen atoms in total. The molecule has 0 radical (unpaired) electrons. The van der Waals surface area contributed by atoms with Crippen LogP contribution in [-0.4, -0.2) is 23.0 Å². The fourth-order valence-corrected chi connectivity index (χ4v) is 2.38. The van der Waals surface area contributed by atoms with Gasteiger partial charge in [0, 0.05) is 11.8 Å². The Labute approximate surface area is 158 Å². The second-order valence-electron chi connectivity index (χ2n) is 5.72. The molecular weight excluding hydrogens is 373 g/mol. The lowest BCUT2D eigenvalue weighted by Gasteiger charge is -2.10. The van der Waals surface area contributed by atoms with Crippen LogP contribution in [0.2, 0.25) is 0 Å². The number of carbonyl (C=O) groups is 1. The predicted octanol–water partition coefficient (Wildman–Crippen LogP) is 4.21. The average Bonchev–Trinajstić information content (AvgIpc) is 2.68. The summed E-state index contributed by atoms with van der Waals surface area (Å²) in [4.78, 5) is 20.6. The first-order valence-electron chi connectivity index (χ1n) is 8.09. The van der Waals surface area contributed by atoms with Gasteiger partial charge in [-0.15, -0.1) is 0 Å². The molecule has 1 amide bonds. The van der Waals surface area contributed by atoms with Crippen LogP contribution in [0.4, 0.5) is 30.4 Å². The number of methoxy groups -OCH3 is 1. The zero-order valence-corrected chi connectivity index (χ0v) is 14.9. The number of anilines is 3. The Morgan fingerprint density at radius 1 is 1.00 bits per heavy atom. The van der Waals surface area contributed by atoms with Crippen LogP contribution in [0.3, 0.4) is 0 Å². The van der Waals surface area contributed by atoms with Crippen molar-refractivity contribution in [3.63, 3.8) is 0 Å². The number of aryl methyl sites for hydroxylation is 1. The maximum Gasteiger partial charge on any atom is 0.274 e. The number of carbonyl (C=O) groups excluding carboxylic acids is 1. The van der Waals surface area contributed by atoms with E-state index in [9.17, 15) is 18.0 Å². The largest absolute Gasteiger partial charge is 0.497 e. The molecule has 2 N–H and O–H groups in total. The molecule has 0 fully saturated rings. The van der Waals surface area contributed by atoms with Gasteiger partial charge < -0.3 is 15.4 Å². The highest BCUT2D eigenvalue weighted by molar-refractivity contribution is 6.03. The molecule has 9 heteroatoms. The fourth-order valence-electron chi connectivity index (χ4n) is 2.38. The van der Waals surface area contributed by atoms with E-state index < -0.39 is 29.0 Å². The molecule has 3 aromatic rings. The molecular formula is C19H15F3N4O2. The number of amides is 1. The number of hydrogen-bond acceptors (Lipinski definition) is 5. The van der Waals surface area contributed by atoms with Crippen LogP contribution >= 0.6 is 0 Å². The van der Waals surface area contributed by atoms with Crippen LogP contribution in [0.1, 0.15) is 16.3 Å². The van der Waals surface area contributed by atoms with Crippen molar-refractivity contribution in [2.75, 3.05) is 17.7 Å². The number of hydrogen-bond donors (Lipinski definition) is 2. The van der Waals surface area contributed by atoms with Crippen molar-refractivity contribution in [1.82, 2.24) is 9.97 Å². The first kappa shape index (κ1) is 19.2. The van der Waals surface area contributed by atoms with Crippen LogP contribution < -0.4 is 15.4 Å². The Hall–Kier alpha value is -3.62. The van der Waals surface area contributed by atoms with Crippen molar-refractivity contribution >= 4 is 23.1 Å². The molecule has 28 heavy (non-hydrogen) atoms. The molecule has 0 unspecified atom stereocenters. The van der Waals surface area contributed by atoms with E-state index in [1.807, 2.05) is 0 Å². The molecule has 0 spiro atoms. The number of halogens is 3. The van der Waals surface area contributed by atoms with E-state index >= 15 is 0 Å². The third kappa shape index (κ3) is 4.20. The van der Waals surface area contributed by atoms with Gasteiger partial charge in [0.1, 0.15) is 23.1 Å². The maximum atomic E-state index is 13.8. The van der Waals surface area contributed by atoms with Crippen LogP contribution in [0, 0.1) is 24.4 Å². The molecule has 0 aliphatic rings. The van der Waals surface area contributed by atoms with Gasteiger partial charge in [0.25, 0.3) is 5.91 Å². The monoisotopic (exact) mass is 388 g/mol. The summed E-state index contributed by atoms with van der Waals surface area (Å²) in [5, 5.41) is 5.19. The number of benzene rings is 2. The van der Waals surface area contributed by atoms with E-state index in [1.165, 1.54) is 6.07 Å². The fraction of sp³-hybridized carbons (Fsp3) is 0.105. The second kappa shape index (κ2) is 7.95. The third-order valence-electron chi connectivity index (χ3n) is 3.72. The molecule has 1 heterocycles. The molecule has 144 valence electrons. The van der Waals surface area contributed by atoms with Gasteiger partial charge in [-0.1, -0.05) is 0 Å². The Morgan fingerprint density at radius 2 is 1.71 bits per heavy atom. The van der Waals surface area contributed by atoms with Gasteiger partial charge in [-0.25, -0.2) is 23.1 Å². The highest BCUT2D eigenvalue weighted by Crippen LogP contribution is 2.22. The molecule has 2 aromatic carbocycles. The van der Waals surface area contributed by atoms with Crippen LogP contribution in [0.5, 0.6) is 5.75 Å². The summed E-state index contributed by atoms with van der Waals surface area (Å²) in [6.45, 7) is 1.58. The minimum atomic E-state index is -1.67.